The lowest BCUT2D eigenvalue weighted by Crippen LogP contribution is -2.27. The van der Waals surface area contributed by atoms with Crippen LogP contribution in [-0.4, -0.2) is 31.7 Å². The van der Waals surface area contributed by atoms with Gasteiger partial charge in [-0.25, -0.2) is 8.42 Å². The first-order chi connectivity index (χ1) is 17.5. The van der Waals surface area contributed by atoms with Crippen LogP contribution in [0.3, 0.4) is 0 Å². The van der Waals surface area contributed by atoms with Crippen LogP contribution in [-0.2, 0) is 10.0 Å². The maximum Gasteiger partial charge on any atom is 0.255 e. The van der Waals surface area contributed by atoms with Gasteiger partial charge in [0.1, 0.15) is 11.5 Å². The van der Waals surface area contributed by atoms with E-state index < -0.39 is 10.0 Å². The molecule has 0 radical (unpaired) electrons. The highest BCUT2D eigenvalue weighted by Gasteiger charge is 2.26. The topological polar surface area (TPSA) is 75.7 Å². The number of sulfonamides is 1. The summed E-state index contributed by atoms with van der Waals surface area (Å²) in [6.45, 7) is 1.17. The van der Waals surface area contributed by atoms with Gasteiger partial charge in [-0.15, -0.1) is 0 Å². The van der Waals surface area contributed by atoms with E-state index >= 15 is 0 Å². The van der Waals surface area contributed by atoms with Crippen LogP contribution in [0.4, 0.5) is 5.69 Å². The van der Waals surface area contributed by atoms with Crippen molar-refractivity contribution in [3.63, 3.8) is 0 Å². The van der Waals surface area contributed by atoms with Crippen molar-refractivity contribution in [3.8, 4) is 22.6 Å². The maximum atomic E-state index is 12.7. The standard InChI is InChI=1S/C29H26N2O4S/c32-29(30-25-14-16-27(17-15-25)35-26-6-2-1-3-7-26)24-10-8-22(9-11-24)23-12-18-28(19-13-23)36(33,34)31-20-4-5-21-31/h1-3,6-19H,4-5,20-21H2,(H,30,32). The quantitative estimate of drug-likeness (QED) is 0.330. The number of nitrogens with one attached hydrogen (secondary N) is 1. The lowest BCUT2D eigenvalue weighted by molar-refractivity contribution is 0.102. The third-order valence-electron chi connectivity index (χ3n) is 6.13. The van der Waals surface area contributed by atoms with Gasteiger partial charge in [0.05, 0.1) is 4.90 Å². The fourth-order valence-corrected chi connectivity index (χ4v) is 5.66. The summed E-state index contributed by atoms with van der Waals surface area (Å²) in [6.07, 6.45) is 1.82. The van der Waals surface area contributed by atoms with Crippen molar-refractivity contribution in [1.82, 2.24) is 4.31 Å². The van der Waals surface area contributed by atoms with Gasteiger partial charge in [-0.3, -0.25) is 4.79 Å². The average molecular weight is 499 g/mol. The predicted molar refractivity (Wildman–Crippen MR) is 141 cm³/mol. The van der Waals surface area contributed by atoms with E-state index in [9.17, 15) is 13.2 Å². The second-order valence-electron chi connectivity index (χ2n) is 8.61. The van der Waals surface area contributed by atoms with Gasteiger partial charge in [-0.2, -0.15) is 4.31 Å². The Labute approximate surface area is 211 Å². The number of nitrogens with zero attached hydrogens (tertiary/aromatic N) is 1. The van der Waals surface area contributed by atoms with Gasteiger partial charge in [-0.05, 0) is 84.6 Å². The highest BCUT2D eigenvalue weighted by atomic mass is 32.2. The SMILES string of the molecule is O=C(Nc1ccc(Oc2ccccc2)cc1)c1ccc(-c2ccc(S(=O)(=O)N3CCCC3)cc2)cc1. The molecule has 1 heterocycles. The average Bonchev–Trinajstić information content (AvgIpc) is 3.47. The molecule has 1 N–H and O–H groups in total. The van der Waals surface area contributed by atoms with E-state index in [0.29, 0.717) is 35.0 Å². The molecule has 5 rings (SSSR count). The Kier molecular flexibility index (Phi) is 6.84. The molecule has 36 heavy (non-hydrogen) atoms. The summed E-state index contributed by atoms with van der Waals surface area (Å²) in [6, 6.07) is 30.8. The Morgan fingerprint density at radius 2 is 1.25 bits per heavy atom. The zero-order valence-corrected chi connectivity index (χ0v) is 20.4. The summed E-state index contributed by atoms with van der Waals surface area (Å²) in [5.74, 6) is 1.21. The monoisotopic (exact) mass is 498 g/mol. The molecule has 7 heteroatoms. The first-order valence-corrected chi connectivity index (χ1v) is 13.3. The molecule has 0 bridgehead atoms. The van der Waals surface area contributed by atoms with E-state index in [1.165, 1.54) is 0 Å². The normalized spacial score (nSPS) is 13.9. The van der Waals surface area contributed by atoms with Gasteiger partial charge >= 0.3 is 0 Å². The lowest BCUT2D eigenvalue weighted by Gasteiger charge is -2.15. The molecule has 6 nitrogen and oxygen atoms in total. The minimum Gasteiger partial charge on any atom is -0.457 e. The number of rotatable bonds is 7. The van der Waals surface area contributed by atoms with Crippen LogP contribution < -0.4 is 10.1 Å². The molecule has 0 atom stereocenters. The first-order valence-electron chi connectivity index (χ1n) is 11.8. The van der Waals surface area contributed by atoms with Crippen LogP contribution in [0.15, 0.2) is 108 Å². The van der Waals surface area contributed by atoms with Crippen LogP contribution in [0.1, 0.15) is 23.2 Å². The smallest absolute Gasteiger partial charge is 0.255 e. The number of benzene rings is 4. The summed E-state index contributed by atoms with van der Waals surface area (Å²) in [5.41, 5.74) is 2.98. The van der Waals surface area contributed by atoms with E-state index in [-0.39, 0.29) is 5.91 Å². The Bertz CT molecular complexity index is 1430. The Morgan fingerprint density at radius 3 is 1.86 bits per heavy atom. The summed E-state index contributed by atoms with van der Waals surface area (Å²) in [5, 5.41) is 2.89. The summed E-state index contributed by atoms with van der Waals surface area (Å²) < 4.78 is 32.8. The van der Waals surface area contributed by atoms with Crippen molar-refractivity contribution in [3.05, 3.63) is 109 Å². The molecule has 0 aromatic heterocycles. The Morgan fingerprint density at radius 1 is 0.694 bits per heavy atom. The lowest BCUT2D eigenvalue weighted by atomic mass is 10.0. The molecular formula is C29H26N2O4S. The van der Waals surface area contributed by atoms with E-state index in [1.807, 2.05) is 42.5 Å². The summed E-state index contributed by atoms with van der Waals surface area (Å²) in [4.78, 5) is 13.0. The van der Waals surface area contributed by atoms with Gasteiger partial charge in [0.2, 0.25) is 10.0 Å². The van der Waals surface area contributed by atoms with Crippen LogP contribution >= 0.6 is 0 Å². The van der Waals surface area contributed by atoms with E-state index in [2.05, 4.69) is 5.32 Å². The number of carbonyl (C=O) groups is 1. The van der Waals surface area contributed by atoms with E-state index in [0.717, 1.165) is 29.7 Å². The second-order valence-corrected chi connectivity index (χ2v) is 10.5. The van der Waals surface area contributed by atoms with Crippen molar-refractivity contribution in [2.24, 2.45) is 0 Å². The molecule has 1 saturated heterocycles. The van der Waals surface area contributed by atoms with Crippen molar-refractivity contribution >= 4 is 21.6 Å². The molecule has 1 aliphatic rings. The van der Waals surface area contributed by atoms with Crippen molar-refractivity contribution in [2.45, 2.75) is 17.7 Å². The highest BCUT2D eigenvalue weighted by Crippen LogP contribution is 2.26. The van der Waals surface area contributed by atoms with Crippen molar-refractivity contribution in [2.75, 3.05) is 18.4 Å². The zero-order chi connectivity index (χ0) is 25.0. The molecule has 182 valence electrons. The minimum absolute atomic E-state index is 0.217. The van der Waals surface area contributed by atoms with Gasteiger partial charge in [-0.1, -0.05) is 42.5 Å². The van der Waals surface area contributed by atoms with Crippen LogP contribution in [0.2, 0.25) is 0 Å². The summed E-state index contributed by atoms with van der Waals surface area (Å²) >= 11 is 0. The fourth-order valence-electron chi connectivity index (χ4n) is 4.15. The number of anilines is 1. The Balaban J connectivity index is 1.22. The predicted octanol–water partition coefficient (Wildman–Crippen LogP) is 6.18. The third kappa shape index (κ3) is 5.32. The molecule has 0 spiro atoms. The van der Waals surface area contributed by atoms with Gasteiger partial charge in [0.15, 0.2) is 0 Å². The van der Waals surface area contributed by atoms with Crippen LogP contribution in [0.25, 0.3) is 11.1 Å². The molecule has 0 aliphatic carbocycles. The van der Waals surface area contributed by atoms with Gasteiger partial charge in [0.25, 0.3) is 5.91 Å². The van der Waals surface area contributed by atoms with Crippen molar-refractivity contribution < 1.29 is 17.9 Å². The van der Waals surface area contributed by atoms with Gasteiger partial charge in [0, 0.05) is 24.3 Å². The molecule has 0 unspecified atom stereocenters. The number of carbonyl (C=O) groups excluding carboxylic acids is 1. The summed E-state index contributed by atoms with van der Waals surface area (Å²) in [7, 11) is -3.43. The molecular weight excluding hydrogens is 472 g/mol. The zero-order valence-electron chi connectivity index (χ0n) is 19.6. The number of amides is 1. The number of hydrogen-bond acceptors (Lipinski definition) is 4. The minimum atomic E-state index is -3.43. The molecule has 4 aromatic rings. The molecule has 0 saturated carbocycles. The largest absolute Gasteiger partial charge is 0.457 e. The molecule has 4 aromatic carbocycles. The van der Waals surface area contributed by atoms with Crippen LogP contribution in [0, 0.1) is 0 Å². The molecule has 1 amide bonds. The third-order valence-corrected chi connectivity index (χ3v) is 8.04. The maximum absolute atomic E-state index is 12.7. The van der Waals surface area contributed by atoms with Crippen molar-refractivity contribution in [1.29, 1.82) is 0 Å². The molecule has 1 aliphatic heterocycles. The fraction of sp³-hybridized carbons (Fsp3) is 0.138. The van der Waals surface area contributed by atoms with Gasteiger partial charge < -0.3 is 10.1 Å². The van der Waals surface area contributed by atoms with E-state index in [4.69, 9.17) is 4.74 Å². The Hall–Kier alpha value is -3.94. The number of para-hydroxylation sites is 1. The number of ether oxygens (including phenoxy) is 1. The molecule has 1 fully saturated rings. The first kappa shape index (κ1) is 23.8. The number of hydrogen-bond donors (Lipinski definition) is 1. The van der Waals surface area contributed by atoms with Crippen LogP contribution in [0.5, 0.6) is 11.5 Å². The second kappa shape index (κ2) is 10.4. The highest BCUT2D eigenvalue weighted by molar-refractivity contribution is 7.89. The van der Waals surface area contributed by atoms with E-state index in [1.54, 1.807) is 65.0 Å².